The number of hydrogen-bond acceptors (Lipinski definition) is 3. The highest BCUT2D eigenvalue weighted by Gasteiger charge is 2.13. The molecule has 2 aromatic heterocycles. The molecule has 0 bridgehead atoms. The normalized spacial score (nSPS) is 10.9. The topological polar surface area (TPSA) is 61.8 Å². The van der Waals surface area contributed by atoms with Crippen molar-refractivity contribution in [3.05, 3.63) is 38.8 Å². The molecule has 0 unspecified atom stereocenters. The highest BCUT2D eigenvalue weighted by molar-refractivity contribution is 5.69. The van der Waals surface area contributed by atoms with Crippen molar-refractivity contribution < 1.29 is 0 Å². The van der Waals surface area contributed by atoms with Crippen LogP contribution in [0, 0.1) is 0 Å². The fourth-order valence-electron chi connectivity index (χ4n) is 1.82. The van der Waals surface area contributed by atoms with Gasteiger partial charge in [-0.3, -0.25) is 13.9 Å². The van der Waals surface area contributed by atoms with Crippen LogP contribution in [0.3, 0.4) is 0 Å². The number of fused-ring (bicyclic) bond motifs is 1. The molecular weight excluding hydrogens is 232 g/mol. The van der Waals surface area contributed by atoms with E-state index in [-0.39, 0.29) is 11.2 Å². The monoisotopic (exact) mass is 248 g/mol. The van der Waals surface area contributed by atoms with Crippen molar-refractivity contribution in [3.8, 4) is 0 Å². The van der Waals surface area contributed by atoms with Gasteiger partial charge >= 0.3 is 5.69 Å². The number of allylic oxidation sites excluding steroid dienone is 2. The molecule has 6 heteroatoms. The van der Waals surface area contributed by atoms with E-state index in [0.29, 0.717) is 17.7 Å². The van der Waals surface area contributed by atoms with Gasteiger partial charge in [0, 0.05) is 20.6 Å². The molecule has 96 valence electrons. The minimum absolute atomic E-state index is 0.312. The molecule has 0 saturated carbocycles. The smallest absolute Gasteiger partial charge is 0.321 e. The summed E-state index contributed by atoms with van der Waals surface area (Å²) in [4.78, 5) is 28.0. The second kappa shape index (κ2) is 4.29. The van der Waals surface area contributed by atoms with E-state index < -0.39 is 0 Å². The predicted molar refractivity (Wildman–Crippen MR) is 69.6 cm³/mol. The van der Waals surface area contributed by atoms with Crippen LogP contribution in [0.4, 0.5) is 0 Å². The van der Waals surface area contributed by atoms with E-state index in [1.165, 1.54) is 17.2 Å². The number of hydrogen-bond donors (Lipinski definition) is 0. The van der Waals surface area contributed by atoms with Gasteiger partial charge in [0.25, 0.3) is 5.56 Å². The van der Waals surface area contributed by atoms with Gasteiger partial charge in [-0.15, -0.1) is 0 Å². The van der Waals surface area contributed by atoms with Gasteiger partial charge in [0.15, 0.2) is 11.2 Å². The van der Waals surface area contributed by atoms with Crippen molar-refractivity contribution in [2.24, 2.45) is 14.1 Å². The fourth-order valence-corrected chi connectivity index (χ4v) is 1.82. The summed E-state index contributed by atoms with van der Waals surface area (Å²) in [5.41, 5.74) is 1.37. The number of aromatic nitrogens is 4. The average molecular weight is 248 g/mol. The second-order valence-corrected chi connectivity index (χ2v) is 4.56. The molecule has 0 spiro atoms. The lowest BCUT2D eigenvalue weighted by Gasteiger charge is -2.04. The minimum atomic E-state index is -0.361. The van der Waals surface area contributed by atoms with Gasteiger partial charge < -0.3 is 4.57 Å². The van der Waals surface area contributed by atoms with Crippen LogP contribution in [-0.2, 0) is 20.6 Å². The molecule has 18 heavy (non-hydrogen) atoms. The fraction of sp³-hybridized carbons (Fsp3) is 0.417. The Balaban J connectivity index is 2.78. The highest BCUT2D eigenvalue weighted by atomic mass is 16.2. The molecule has 0 amide bonds. The lowest BCUT2D eigenvalue weighted by atomic mass is 10.3. The number of aryl methyl sites for hydroxylation is 1. The van der Waals surface area contributed by atoms with E-state index in [2.05, 4.69) is 4.98 Å². The van der Waals surface area contributed by atoms with E-state index in [4.69, 9.17) is 0 Å². The maximum atomic E-state index is 12.1. The van der Waals surface area contributed by atoms with E-state index in [0.717, 1.165) is 4.57 Å². The maximum Gasteiger partial charge on any atom is 0.332 e. The Kier molecular flexibility index (Phi) is 2.94. The van der Waals surface area contributed by atoms with Crippen LogP contribution < -0.4 is 11.2 Å². The highest BCUT2D eigenvalue weighted by Crippen LogP contribution is 2.06. The van der Waals surface area contributed by atoms with Crippen molar-refractivity contribution in [1.82, 2.24) is 18.7 Å². The van der Waals surface area contributed by atoms with Crippen LogP contribution in [0.15, 0.2) is 27.6 Å². The van der Waals surface area contributed by atoms with Crippen LogP contribution in [0.25, 0.3) is 11.2 Å². The average Bonchev–Trinajstić information content (AvgIpc) is 2.75. The lowest BCUT2D eigenvalue weighted by molar-refractivity contribution is 0.703. The number of nitrogens with zero attached hydrogens (tertiary/aromatic N) is 4. The first-order valence-electron chi connectivity index (χ1n) is 5.67. The molecule has 0 aliphatic carbocycles. The molecule has 0 aromatic carbocycles. The van der Waals surface area contributed by atoms with Crippen molar-refractivity contribution in [2.75, 3.05) is 0 Å². The first-order chi connectivity index (χ1) is 8.43. The van der Waals surface area contributed by atoms with Crippen LogP contribution >= 0.6 is 0 Å². The summed E-state index contributed by atoms with van der Waals surface area (Å²) in [5.74, 6) is 0. The Labute approximate surface area is 104 Å². The Morgan fingerprint density at radius 2 is 1.94 bits per heavy atom. The van der Waals surface area contributed by atoms with Gasteiger partial charge in [0.05, 0.1) is 6.33 Å². The lowest BCUT2D eigenvalue weighted by Crippen LogP contribution is -2.37. The van der Waals surface area contributed by atoms with Gasteiger partial charge in [-0.2, -0.15) is 0 Å². The van der Waals surface area contributed by atoms with Crippen molar-refractivity contribution >= 4 is 11.2 Å². The molecule has 6 nitrogen and oxygen atoms in total. The number of imidazole rings is 1. The third-order valence-corrected chi connectivity index (χ3v) is 2.91. The summed E-state index contributed by atoms with van der Waals surface area (Å²) < 4.78 is 4.24. The zero-order valence-corrected chi connectivity index (χ0v) is 11.0. The first kappa shape index (κ1) is 12.3. The van der Waals surface area contributed by atoms with Crippen molar-refractivity contribution in [3.63, 3.8) is 0 Å². The largest absolute Gasteiger partial charge is 0.332 e. The third-order valence-electron chi connectivity index (χ3n) is 2.91. The summed E-state index contributed by atoms with van der Waals surface area (Å²) in [6.07, 6.45) is 3.59. The zero-order valence-electron chi connectivity index (χ0n) is 11.0. The summed E-state index contributed by atoms with van der Waals surface area (Å²) in [7, 11) is 3.09. The minimum Gasteiger partial charge on any atom is -0.321 e. The maximum absolute atomic E-state index is 12.1. The molecule has 2 aromatic rings. The standard InChI is InChI=1S/C12H16N4O2/c1-8(2)5-6-16-7-13-10-9(16)11(17)15(4)12(18)14(10)3/h5,7H,6H2,1-4H3. The van der Waals surface area contributed by atoms with E-state index in [1.54, 1.807) is 17.9 Å². The van der Waals surface area contributed by atoms with Crippen LogP contribution in [0.5, 0.6) is 0 Å². The predicted octanol–water partition coefficient (Wildman–Crippen LogP) is 0.400. The Morgan fingerprint density at radius 3 is 2.56 bits per heavy atom. The molecule has 0 N–H and O–H groups in total. The summed E-state index contributed by atoms with van der Waals surface area (Å²) >= 11 is 0. The quantitative estimate of drug-likeness (QED) is 0.723. The van der Waals surface area contributed by atoms with Gasteiger partial charge in [0.1, 0.15) is 0 Å². The molecule has 0 radical (unpaired) electrons. The van der Waals surface area contributed by atoms with Gasteiger partial charge in [-0.1, -0.05) is 11.6 Å². The van der Waals surface area contributed by atoms with Gasteiger partial charge in [0.2, 0.25) is 0 Å². The molecule has 0 aliphatic heterocycles. The van der Waals surface area contributed by atoms with Crippen molar-refractivity contribution in [2.45, 2.75) is 20.4 Å². The van der Waals surface area contributed by atoms with Gasteiger partial charge in [-0.25, -0.2) is 9.78 Å². The molecule has 0 aliphatic rings. The zero-order chi connectivity index (χ0) is 13.4. The summed E-state index contributed by atoms with van der Waals surface area (Å²) in [5, 5.41) is 0. The van der Waals surface area contributed by atoms with E-state index >= 15 is 0 Å². The second-order valence-electron chi connectivity index (χ2n) is 4.56. The molecule has 0 atom stereocenters. The van der Waals surface area contributed by atoms with Gasteiger partial charge in [-0.05, 0) is 13.8 Å². The Morgan fingerprint density at radius 1 is 1.28 bits per heavy atom. The number of rotatable bonds is 2. The van der Waals surface area contributed by atoms with Crippen LogP contribution in [0.1, 0.15) is 13.8 Å². The summed E-state index contributed by atoms with van der Waals surface area (Å²) in [6, 6.07) is 0. The molecule has 0 saturated heterocycles. The molecule has 2 heterocycles. The molecule has 2 rings (SSSR count). The Bertz CT molecular complexity index is 742. The third kappa shape index (κ3) is 1.79. The van der Waals surface area contributed by atoms with Crippen LogP contribution in [-0.4, -0.2) is 18.7 Å². The molecule has 0 fully saturated rings. The van der Waals surface area contributed by atoms with Crippen molar-refractivity contribution in [1.29, 1.82) is 0 Å². The Hall–Kier alpha value is -2.11. The summed E-state index contributed by atoms with van der Waals surface area (Å²) in [6.45, 7) is 4.56. The SMILES string of the molecule is CC(C)=CCn1cnc2c1c(=O)n(C)c(=O)n2C. The van der Waals surface area contributed by atoms with E-state index in [1.807, 2.05) is 19.9 Å². The van der Waals surface area contributed by atoms with Crippen LogP contribution in [0.2, 0.25) is 0 Å². The van der Waals surface area contributed by atoms with E-state index in [9.17, 15) is 9.59 Å². The molecular formula is C12H16N4O2. The first-order valence-corrected chi connectivity index (χ1v) is 5.67.